The zero-order chi connectivity index (χ0) is 25.5. The van der Waals surface area contributed by atoms with Crippen molar-refractivity contribution in [1.29, 1.82) is 0 Å². The zero-order valence-electron chi connectivity index (χ0n) is 20.7. The van der Waals surface area contributed by atoms with Crippen LogP contribution in [0.2, 0.25) is 0 Å². The lowest BCUT2D eigenvalue weighted by Crippen LogP contribution is -2.30. The predicted octanol–water partition coefficient (Wildman–Crippen LogP) is 6.83. The molecule has 0 saturated carbocycles. The number of furan rings is 1. The highest BCUT2D eigenvalue weighted by molar-refractivity contribution is 6.10. The van der Waals surface area contributed by atoms with Crippen molar-refractivity contribution in [2.24, 2.45) is 0 Å². The van der Waals surface area contributed by atoms with Crippen LogP contribution < -0.4 is 5.32 Å². The number of para-hydroxylation sites is 1. The number of hydrogen-bond donors (Lipinski definition) is 1. The molecule has 0 spiro atoms. The summed E-state index contributed by atoms with van der Waals surface area (Å²) in [6.07, 6.45) is 0.654. The summed E-state index contributed by atoms with van der Waals surface area (Å²) in [6, 6.07) is 25.9. The fourth-order valence-electron chi connectivity index (χ4n) is 5.17. The van der Waals surface area contributed by atoms with E-state index in [1.165, 1.54) is 0 Å². The van der Waals surface area contributed by atoms with Crippen molar-refractivity contribution < 1.29 is 18.7 Å². The van der Waals surface area contributed by atoms with Crippen LogP contribution in [0.3, 0.4) is 0 Å². The molecule has 6 heteroatoms. The Labute approximate surface area is 213 Å². The number of aryl methyl sites for hydroxylation is 1. The Hall–Kier alpha value is -4.58. The number of carbonyl (C=O) groups is 2. The summed E-state index contributed by atoms with van der Waals surface area (Å²) in [4.78, 5) is 25.7. The molecule has 0 unspecified atom stereocenters. The van der Waals surface area contributed by atoms with Crippen molar-refractivity contribution in [3.63, 3.8) is 0 Å². The lowest BCUT2D eigenvalue weighted by molar-refractivity contribution is -0.152. The first kappa shape index (κ1) is 22.9. The number of esters is 1. The number of rotatable bonds is 6. The van der Waals surface area contributed by atoms with Gasteiger partial charge in [0.15, 0.2) is 6.10 Å². The number of anilines is 1. The molecule has 0 fully saturated rings. The summed E-state index contributed by atoms with van der Waals surface area (Å²) in [7, 11) is 0. The van der Waals surface area contributed by atoms with E-state index in [1.807, 2.05) is 66.7 Å². The molecule has 0 bridgehead atoms. The molecular weight excluding hydrogens is 464 g/mol. The molecule has 0 aliphatic rings. The number of carbonyl (C=O) groups excluding carboxylic acids is 2. The first-order chi connectivity index (χ1) is 18.0. The van der Waals surface area contributed by atoms with Gasteiger partial charge in [-0.1, -0.05) is 48.5 Å². The molecule has 0 radical (unpaired) electrons. The van der Waals surface area contributed by atoms with Gasteiger partial charge in [-0.2, -0.15) is 0 Å². The molecule has 0 aliphatic heterocycles. The van der Waals surface area contributed by atoms with Crippen molar-refractivity contribution in [1.82, 2.24) is 4.57 Å². The van der Waals surface area contributed by atoms with Crippen LogP contribution in [-0.2, 0) is 27.3 Å². The van der Waals surface area contributed by atoms with Crippen molar-refractivity contribution >= 4 is 61.1 Å². The maximum atomic E-state index is 12.9. The quantitative estimate of drug-likeness (QED) is 0.260. The average molecular weight is 491 g/mol. The Morgan fingerprint density at radius 3 is 2.51 bits per heavy atom. The van der Waals surface area contributed by atoms with Crippen LogP contribution in [0.1, 0.15) is 19.4 Å². The fourth-order valence-corrected chi connectivity index (χ4v) is 5.17. The number of nitrogens with zero attached hydrogens (tertiary/aromatic N) is 1. The minimum Gasteiger partial charge on any atom is -0.464 e. The molecule has 0 saturated heterocycles. The van der Waals surface area contributed by atoms with Gasteiger partial charge in [0.25, 0.3) is 5.91 Å². The largest absolute Gasteiger partial charge is 0.464 e. The van der Waals surface area contributed by atoms with E-state index in [9.17, 15) is 9.59 Å². The van der Waals surface area contributed by atoms with Crippen LogP contribution in [-0.4, -0.2) is 22.5 Å². The summed E-state index contributed by atoms with van der Waals surface area (Å²) >= 11 is 0. The lowest BCUT2D eigenvalue weighted by Gasteiger charge is -2.14. The summed E-state index contributed by atoms with van der Waals surface area (Å²) in [5, 5.41) is 8.08. The SMILES string of the molecule is CCn1c2ccccc2c2cc(NC(=O)[C@H](C)OC(=O)Cc3coc4ccc5ccccc5c34)ccc21. The van der Waals surface area contributed by atoms with Crippen molar-refractivity contribution in [2.45, 2.75) is 32.9 Å². The molecular formula is C31H26N2O4. The van der Waals surface area contributed by atoms with Gasteiger partial charge in [0.05, 0.1) is 12.7 Å². The molecule has 1 atom stereocenters. The Morgan fingerprint density at radius 1 is 0.919 bits per heavy atom. The summed E-state index contributed by atoms with van der Waals surface area (Å²) in [6.45, 7) is 4.55. The van der Waals surface area contributed by atoms with Gasteiger partial charge in [-0.15, -0.1) is 0 Å². The van der Waals surface area contributed by atoms with E-state index in [2.05, 4.69) is 28.9 Å². The van der Waals surface area contributed by atoms with Gasteiger partial charge >= 0.3 is 5.97 Å². The van der Waals surface area contributed by atoms with E-state index in [0.29, 0.717) is 11.3 Å². The second-order valence-corrected chi connectivity index (χ2v) is 9.21. The van der Waals surface area contributed by atoms with Crippen LogP contribution in [0.15, 0.2) is 89.5 Å². The molecule has 2 heterocycles. The van der Waals surface area contributed by atoms with Crippen molar-refractivity contribution in [3.05, 3.63) is 90.7 Å². The normalized spacial score (nSPS) is 12.4. The monoisotopic (exact) mass is 490 g/mol. The average Bonchev–Trinajstić information content (AvgIpc) is 3.47. The Bertz CT molecular complexity index is 1810. The third-order valence-corrected chi connectivity index (χ3v) is 6.91. The van der Waals surface area contributed by atoms with E-state index in [-0.39, 0.29) is 12.3 Å². The first-order valence-electron chi connectivity index (χ1n) is 12.4. The maximum Gasteiger partial charge on any atom is 0.311 e. The van der Waals surface area contributed by atoms with E-state index in [1.54, 1.807) is 13.2 Å². The zero-order valence-corrected chi connectivity index (χ0v) is 20.7. The van der Waals surface area contributed by atoms with Crippen LogP contribution in [0, 0.1) is 0 Å². The lowest BCUT2D eigenvalue weighted by atomic mass is 10.0. The molecule has 1 amide bonds. The van der Waals surface area contributed by atoms with Gasteiger partial charge in [-0.3, -0.25) is 9.59 Å². The van der Waals surface area contributed by atoms with Crippen LogP contribution in [0.4, 0.5) is 5.69 Å². The number of amides is 1. The standard InChI is InChI=1S/C31H26N2O4/c1-3-33-26-11-7-6-10-24(26)25-17-22(13-14-27(25)33)32-31(35)19(2)37-29(34)16-21-18-36-28-15-12-20-8-4-5-9-23(20)30(21)28/h4-15,17-19H,3,16H2,1-2H3,(H,32,35)/t19-/m0/s1. The molecule has 37 heavy (non-hydrogen) atoms. The Balaban J connectivity index is 1.18. The summed E-state index contributed by atoms with van der Waals surface area (Å²) in [5.41, 5.74) is 4.38. The summed E-state index contributed by atoms with van der Waals surface area (Å²) < 4.78 is 13.4. The Morgan fingerprint density at radius 2 is 1.68 bits per heavy atom. The number of aromatic nitrogens is 1. The molecule has 4 aromatic carbocycles. The third-order valence-electron chi connectivity index (χ3n) is 6.91. The van der Waals surface area contributed by atoms with Gasteiger partial charge in [-0.25, -0.2) is 0 Å². The van der Waals surface area contributed by atoms with Crippen molar-refractivity contribution in [3.8, 4) is 0 Å². The molecule has 2 aromatic heterocycles. The molecule has 6 nitrogen and oxygen atoms in total. The van der Waals surface area contributed by atoms with E-state index in [0.717, 1.165) is 50.1 Å². The molecule has 0 aliphatic carbocycles. The second-order valence-electron chi connectivity index (χ2n) is 9.21. The minimum absolute atomic E-state index is 0.0150. The highest BCUT2D eigenvalue weighted by atomic mass is 16.5. The first-order valence-corrected chi connectivity index (χ1v) is 12.4. The van der Waals surface area contributed by atoms with Gasteiger partial charge < -0.3 is 19.0 Å². The topological polar surface area (TPSA) is 73.5 Å². The van der Waals surface area contributed by atoms with Gasteiger partial charge in [0, 0.05) is 45.0 Å². The van der Waals surface area contributed by atoms with Gasteiger partial charge in [0.2, 0.25) is 0 Å². The fraction of sp³-hybridized carbons (Fsp3) is 0.161. The molecule has 184 valence electrons. The molecule has 1 N–H and O–H groups in total. The third kappa shape index (κ3) is 4.00. The number of nitrogens with one attached hydrogen (secondary N) is 1. The number of benzene rings is 4. The van der Waals surface area contributed by atoms with E-state index in [4.69, 9.17) is 9.15 Å². The number of hydrogen-bond acceptors (Lipinski definition) is 4. The predicted molar refractivity (Wildman–Crippen MR) is 147 cm³/mol. The number of fused-ring (bicyclic) bond motifs is 6. The smallest absolute Gasteiger partial charge is 0.311 e. The van der Waals surface area contributed by atoms with Crippen LogP contribution in [0.25, 0.3) is 43.5 Å². The Kier molecular flexibility index (Phi) is 5.64. The molecule has 6 rings (SSSR count). The van der Waals surface area contributed by atoms with Gasteiger partial charge in [-0.05, 0) is 55.0 Å². The van der Waals surface area contributed by atoms with Gasteiger partial charge in [0.1, 0.15) is 5.58 Å². The highest BCUT2D eigenvalue weighted by Gasteiger charge is 2.21. The van der Waals surface area contributed by atoms with Crippen molar-refractivity contribution in [2.75, 3.05) is 5.32 Å². The minimum atomic E-state index is -0.949. The van der Waals surface area contributed by atoms with Crippen LogP contribution in [0.5, 0.6) is 0 Å². The highest BCUT2D eigenvalue weighted by Crippen LogP contribution is 2.32. The van der Waals surface area contributed by atoms with E-state index < -0.39 is 12.1 Å². The summed E-state index contributed by atoms with van der Waals surface area (Å²) in [5.74, 6) is -0.866. The number of ether oxygens (including phenoxy) is 1. The second kappa shape index (κ2) is 9.13. The van der Waals surface area contributed by atoms with E-state index >= 15 is 0 Å². The maximum absolute atomic E-state index is 12.9. The van der Waals surface area contributed by atoms with Crippen LogP contribution >= 0.6 is 0 Å². The molecule has 6 aromatic rings.